The van der Waals surface area contributed by atoms with E-state index in [9.17, 15) is 32.8 Å². The molecule has 0 spiro atoms. The van der Waals surface area contributed by atoms with Crippen LogP contribution < -0.4 is 10.6 Å². The summed E-state index contributed by atoms with van der Waals surface area (Å²) in [5, 5.41) is 14.8. The van der Waals surface area contributed by atoms with E-state index in [2.05, 4.69) is 10.6 Å². The standard InChI is InChI=1S/C17H23FN2O3.C17H25FN2O2.C11H19NO4.CH2Cl2.B/c1-17(2,3)23-16(22)20-10-6-7-12(11-20)15(21)19-14-9-5-4-8-13(14)18;1-17(2,3)22-16(21)20-10-6-7-13(12-20)11-19-15-9-5-4-8-14(15)18;1-11(2,3)16-10(15)12-6-4-5-8(7-12)9(13)14;2-1-3;/h4-5,8-9,12H,6-7,10-11H2,1-3H3,(H,19,21);4-5,8-9,13,19H,6-7,10-12H2,1-3H3;8H,4-7H2,1-3H3,(H,13,14);1H2;. The van der Waals surface area contributed by atoms with Crippen molar-refractivity contribution in [3.05, 3.63) is 60.2 Å². The fourth-order valence-electron chi connectivity index (χ4n) is 6.73. The Morgan fingerprint density at radius 2 is 1.00 bits per heavy atom. The Bertz CT molecular complexity index is 1810. The number of amides is 4. The zero-order valence-electron chi connectivity index (χ0n) is 39.4. The number of carboxylic acids is 1. The predicted octanol–water partition coefficient (Wildman–Crippen LogP) is 10.1. The predicted molar refractivity (Wildman–Crippen MR) is 251 cm³/mol. The van der Waals surface area contributed by atoms with Crippen molar-refractivity contribution in [2.24, 2.45) is 17.8 Å². The lowest BCUT2D eigenvalue weighted by molar-refractivity contribution is -0.143. The lowest BCUT2D eigenvalue weighted by Gasteiger charge is -2.34. The minimum absolute atomic E-state index is 0. The highest BCUT2D eigenvalue weighted by atomic mass is 35.5. The average molecular weight is 956 g/mol. The van der Waals surface area contributed by atoms with Gasteiger partial charge in [-0.2, -0.15) is 0 Å². The van der Waals surface area contributed by atoms with Crippen molar-refractivity contribution in [2.75, 3.05) is 61.8 Å². The number of nitrogens with zero attached hydrogens (tertiary/aromatic N) is 3. The molecule has 19 heteroatoms. The van der Waals surface area contributed by atoms with Crippen molar-refractivity contribution in [1.82, 2.24) is 14.7 Å². The smallest absolute Gasteiger partial charge is 0.410 e. The highest BCUT2D eigenvalue weighted by Gasteiger charge is 2.33. The summed E-state index contributed by atoms with van der Waals surface area (Å²) >= 11 is 9.53. The summed E-state index contributed by atoms with van der Waals surface area (Å²) in [6.45, 7) is 20.1. The minimum Gasteiger partial charge on any atom is -0.481 e. The molecule has 65 heavy (non-hydrogen) atoms. The molecule has 0 bridgehead atoms. The third-order valence-electron chi connectivity index (χ3n) is 9.62. The Hall–Kier alpha value is -4.51. The molecule has 14 nitrogen and oxygen atoms in total. The van der Waals surface area contributed by atoms with Crippen molar-refractivity contribution in [1.29, 1.82) is 0 Å². The van der Waals surface area contributed by atoms with E-state index in [1.54, 1.807) is 81.7 Å². The highest BCUT2D eigenvalue weighted by Crippen LogP contribution is 2.24. The molecule has 0 aliphatic carbocycles. The number of ether oxygens (including phenoxy) is 3. The zero-order chi connectivity index (χ0) is 48.3. The molecule has 2 aromatic carbocycles. The second-order valence-electron chi connectivity index (χ2n) is 18.7. The van der Waals surface area contributed by atoms with Gasteiger partial charge in [-0.05, 0) is 131 Å². The number of piperidine rings is 3. The Kier molecular flexibility index (Phi) is 25.1. The van der Waals surface area contributed by atoms with E-state index in [-0.39, 0.29) is 56.3 Å². The Morgan fingerprint density at radius 1 is 0.631 bits per heavy atom. The van der Waals surface area contributed by atoms with Crippen LogP contribution in [0.1, 0.15) is 101 Å². The van der Waals surface area contributed by atoms with Crippen LogP contribution in [0.25, 0.3) is 0 Å². The number of nitrogens with one attached hydrogen (secondary N) is 2. The van der Waals surface area contributed by atoms with Gasteiger partial charge in [-0.3, -0.25) is 9.59 Å². The van der Waals surface area contributed by atoms with E-state index in [1.807, 2.05) is 20.8 Å². The van der Waals surface area contributed by atoms with Crippen LogP contribution in [0.2, 0.25) is 0 Å². The Balaban J connectivity index is 0.000000476. The minimum atomic E-state index is -0.840. The molecule has 3 fully saturated rings. The topological polar surface area (TPSA) is 167 Å². The maximum Gasteiger partial charge on any atom is 0.410 e. The van der Waals surface area contributed by atoms with Gasteiger partial charge in [0.05, 0.1) is 28.5 Å². The quantitative estimate of drug-likeness (QED) is 0.144. The maximum absolute atomic E-state index is 13.6. The molecule has 3 aliphatic heterocycles. The van der Waals surface area contributed by atoms with Crippen molar-refractivity contribution >= 4 is 73.1 Å². The van der Waals surface area contributed by atoms with Gasteiger partial charge in [0, 0.05) is 54.2 Å². The second kappa shape index (κ2) is 27.9. The third-order valence-corrected chi connectivity index (χ3v) is 9.62. The third kappa shape index (κ3) is 23.5. The number of carbonyl (C=O) groups is 5. The molecule has 3 radical (unpaired) electrons. The van der Waals surface area contributed by atoms with Crippen LogP contribution in [0, 0.1) is 29.4 Å². The monoisotopic (exact) mass is 954 g/mol. The number of aliphatic carboxylic acids is 1. The van der Waals surface area contributed by atoms with Gasteiger partial charge >= 0.3 is 24.2 Å². The van der Waals surface area contributed by atoms with E-state index in [4.69, 9.17) is 42.5 Å². The highest BCUT2D eigenvalue weighted by molar-refractivity contribution is 6.40. The lowest BCUT2D eigenvalue weighted by atomic mass is 9.97. The first kappa shape index (κ1) is 58.5. The number of hydrogen-bond acceptors (Lipinski definition) is 9. The van der Waals surface area contributed by atoms with Crippen LogP contribution in [0.4, 0.5) is 34.5 Å². The molecule has 3 N–H and O–H groups in total. The first-order valence-electron chi connectivity index (χ1n) is 21.6. The number of rotatable bonds is 6. The summed E-state index contributed by atoms with van der Waals surface area (Å²) in [4.78, 5) is 63.8. The molecule has 5 rings (SSSR count). The molecule has 0 saturated carbocycles. The van der Waals surface area contributed by atoms with Crippen molar-refractivity contribution < 1.29 is 52.1 Å². The van der Waals surface area contributed by atoms with E-state index in [0.29, 0.717) is 57.0 Å². The first-order valence-corrected chi connectivity index (χ1v) is 22.7. The van der Waals surface area contributed by atoms with E-state index < -0.39 is 46.7 Å². The van der Waals surface area contributed by atoms with E-state index in [1.165, 1.54) is 23.1 Å². The number of hydrogen-bond donors (Lipinski definition) is 3. The summed E-state index contributed by atoms with van der Waals surface area (Å²) in [5.74, 6) is -2.35. The number of carboxylic acid groups (broad SMARTS) is 1. The van der Waals surface area contributed by atoms with Gasteiger partial charge in [-0.15, -0.1) is 23.2 Å². The number of anilines is 2. The fraction of sp³-hybridized carbons (Fsp3) is 0.630. The Labute approximate surface area is 395 Å². The van der Waals surface area contributed by atoms with Gasteiger partial charge in [0.15, 0.2) is 0 Å². The number of alkyl halides is 2. The molecule has 0 aromatic heterocycles. The molecule has 2 aromatic rings. The largest absolute Gasteiger partial charge is 0.481 e. The molecule has 3 aliphatic rings. The zero-order valence-corrected chi connectivity index (χ0v) is 40.9. The van der Waals surface area contributed by atoms with Crippen LogP contribution in [0.5, 0.6) is 0 Å². The average Bonchev–Trinajstić information content (AvgIpc) is 3.20. The molecular formula is C46H69BCl2F2N5O9. The van der Waals surface area contributed by atoms with Gasteiger partial charge in [0.2, 0.25) is 5.91 Å². The molecular weight excluding hydrogens is 886 g/mol. The molecule has 3 heterocycles. The summed E-state index contributed by atoms with van der Waals surface area (Å²) in [7, 11) is 0. The Morgan fingerprint density at radius 3 is 1.42 bits per heavy atom. The SMILES string of the molecule is CC(C)(C)OC(=O)N1CCCC(C(=O)Nc2ccccc2F)C1.CC(C)(C)OC(=O)N1CCCC(C(=O)O)C1.CC(C)(C)OC(=O)N1CCCC(CNc2ccccc2F)C1.ClCCl.[B]. The summed E-state index contributed by atoms with van der Waals surface area (Å²) in [6.07, 6.45) is 3.62. The van der Waals surface area contributed by atoms with Crippen LogP contribution in [0.3, 0.4) is 0 Å². The van der Waals surface area contributed by atoms with Crippen LogP contribution >= 0.6 is 23.2 Å². The molecule has 363 valence electrons. The van der Waals surface area contributed by atoms with Gasteiger partial charge in [-0.25, -0.2) is 23.2 Å². The number of para-hydroxylation sites is 2. The van der Waals surface area contributed by atoms with E-state index >= 15 is 0 Å². The van der Waals surface area contributed by atoms with Crippen LogP contribution in [-0.2, 0) is 23.8 Å². The molecule has 4 amide bonds. The first-order chi connectivity index (χ1) is 29.8. The maximum atomic E-state index is 13.6. The van der Waals surface area contributed by atoms with E-state index in [0.717, 1.165) is 25.8 Å². The number of carbonyl (C=O) groups excluding carboxylic acids is 4. The summed E-state index contributed by atoms with van der Waals surface area (Å²) in [6, 6.07) is 12.7. The van der Waals surface area contributed by atoms with Crippen molar-refractivity contribution in [3.63, 3.8) is 0 Å². The number of halogens is 4. The number of benzene rings is 2. The van der Waals surface area contributed by atoms with Gasteiger partial charge in [-0.1, -0.05) is 24.3 Å². The lowest BCUT2D eigenvalue weighted by Crippen LogP contribution is -2.45. The van der Waals surface area contributed by atoms with Crippen molar-refractivity contribution in [2.45, 2.75) is 118 Å². The number of likely N-dealkylation sites (tertiary alicyclic amines) is 3. The summed E-state index contributed by atoms with van der Waals surface area (Å²) in [5.41, 5.74) is -0.911. The summed E-state index contributed by atoms with van der Waals surface area (Å²) < 4.78 is 43.1. The molecule has 3 unspecified atom stereocenters. The van der Waals surface area contributed by atoms with Gasteiger partial charge in [0.25, 0.3) is 0 Å². The van der Waals surface area contributed by atoms with Gasteiger partial charge in [0.1, 0.15) is 28.4 Å². The fourth-order valence-corrected chi connectivity index (χ4v) is 6.73. The van der Waals surface area contributed by atoms with Gasteiger partial charge < -0.3 is 44.7 Å². The normalized spacial score (nSPS) is 18.5. The molecule has 3 atom stereocenters. The molecule has 3 saturated heterocycles. The van der Waals surface area contributed by atoms with Crippen LogP contribution in [-0.4, -0.2) is 126 Å². The van der Waals surface area contributed by atoms with Crippen molar-refractivity contribution in [3.8, 4) is 0 Å². The van der Waals surface area contributed by atoms with Crippen LogP contribution in [0.15, 0.2) is 48.5 Å². The second-order valence-corrected chi connectivity index (χ2v) is 19.5.